The van der Waals surface area contributed by atoms with Crippen LogP contribution in [0, 0.1) is 5.92 Å². The first-order chi connectivity index (χ1) is 13.8. The van der Waals surface area contributed by atoms with Crippen molar-refractivity contribution in [2.24, 2.45) is 5.92 Å². The number of rotatable bonds is 9. The van der Waals surface area contributed by atoms with Crippen LogP contribution < -0.4 is 19.1 Å². The van der Waals surface area contributed by atoms with Crippen LogP contribution in [-0.4, -0.2) is 65.5 Å². The van der Waals surface area contributed by atoms with Gasteiger partial charge in [-0.05, 0) is 63.9 Å². The zero-order valence-corrected chi connectivity index (χ0v) is 18.0. The fraction of sp³-hybridized carbons (Fsp3) is 0.650. The monoisotopic (exact) mass is 425 g/mol. The van der Waals surface area contributed by atoms with Crippen molar-refractivity contribution < 1.29 is 22.7 Å². The summed E-state index contributed by atoms with van der Waals surface area (Å²) in [6.07, 6.45) is 5.29. The minimum atomic E-state index is -3.47. The molecule has 162 valence electrons. The smallest absolute Gasteiger partial charge is 0.232 e. The third kappa shape index (κ3) is 6.24. The maximum atomic E-state index is 12.2. The highest BCUT2D eigenvalue weighted by Crippen LogP contribution is 2.36. The van der Waals surface area contributed by atoms with Gasteiger partial charge in [0.1, 0.15) is 0 Å². The summed E-state index contributed by atoms with van der Waals surface area (Å²) >= 11 is 0. The topological polar surface area (TPSA) is 88.2 Å². The van der Waals surface area contributed by atoms with Crippen LogP contribution >= 0.6 is 0 Å². The van der Waals surface area contributed by atoms with Gasteiger partial charge in [0.2, 0.25) is 22.7 Å². The van der Waals surface area contributed by atoms with E-state index < -0.39 is 10.0 Å². The lowest BCUT2D eigenvalue weighted by Crippen LogP contribution is -2.33. The molecule has 3 rings (SSSR count). The Kier molecular flexibility index (Phi) is 7.23. The van der Waals surface area contributed by atoms with Gasteiger partial charge < -0.3 is 19.7 Å². The zero-order chi connectivity index (χ0) is 20.9. The molecule has 1 aromatic rings. The Morgan fingerprint density at radius 3 is 2.69 bits per heavy atom. The van der Waals surface area contributed by atoms with E-state index in [0.29, 0.717) is 42.5 Å². The predicted molar refractivity (Wildman–Crippen MR) is 112 cm³/mol. The van der Waals surface area contributed by atoms with Gasteiger partial charge in [-0.3, -0.25) is 9.10 Å². The molecule has 2 heterocycles. The molecule has 1 N–H and O–H groups in total. The zero-order valence-electron chi connectivity index (χ0n) is 17.2. The molecule has 1 fully saturated rings. The van der Waals surface area contributed by atoms with E-state index in [9.17, 15) is 13.2 Å². The summed E-state index contributed by atoms with van der Waals surface area (Å²) in [7, 11) is -1.33. The fourth-order valence-corrected chi connectivity index (χ4v) is 4.72. The van der Waals surface area contributed by atoms with Crippen LogP contribution in [0.1, 0.15) is 32.1 Å². The van der Waals surface area contributed by atoms with Crippen LogP contribution in [-0.2, 0) is 14.8 Å². The minimum absolute atomic E-state index is 0.0305. The molecule has 0 aliphatic carbocycles. The van der Waals surface area contributed by atoms with E-state index in [2.05, 4.69) is 17.3 Å². The normalized spacial score (nSPS) is 17.3. The number of nitrogens with one attached hydrogen (secondary N) is 1. The molecular weight excluding hydrogens is 394 g/mol. The predicted octanol–water partition coefficient (Wildman–Crippen LogP) is 1.81. The first-order valence-electron chi connectivity index (χ1n) is 10.2. The molecular formula is C20H31N3O5S. The van der Waals surface area contributed by atoms with E-state index in [1.165, 1.54) is 23.4 Å². The summed E-state index contributed by atoms with van der Waals surface area (Å²) in [5.41, 5.74) is 0.513. The number of amides is 1. The van der Waals surface area contributed by atoms with Gasteiger partial charge in [0.25, 0.3) is 0 Å². The van der Waals surface area contributed by atoms with E-state index in [1.807, 2.05) is 0 Å². The molecule has 1 aromatic carbocycles. The number of hydrogen-bond donors (Lipinski definition) is 1. The van der Waals surface area contributed by atoms with Crippen molar-refractivity contribution in [3.05, 3.63) is 18.2 Å². The molecule has 0 spiro atoms. The van der Waals surface area contributed by atoms with Crippen molar-refractivity contribution in [2.45, 2.75) is 32.1 Å². The van der Waals surface area contributed by atoms with Gasteiger partial charge in [-0.2, -0.15) is 0 Å². The highest BCUT2D eigenvalue weighted by Gasteiger charge is 2.22. The van der Waals surface area contributed by atoms with Crippen molar-refractivity contribution in [3.63, 3.8) is 0 Å². The first kappa shape index (κ1) is 21.7. The van der Waals surface area contributed by atoms with Gasteiger partial charge in [-0.15, -0.1) is 0 Å². The molecule has 2 aliphatic heterocycles. The molecule has 2 aliphatic rings. The number of anilines is 1. The van der Waals surface area contributed by atoms with Crippen molar-refractivity contribution in [3.8, 4) is 11.5 Å². The first-order valence-corrected chi connectivity index (χ1v) is 12.0. The Morgan fingerprint density at radius 2 is 1.97 bits per heavy atom. The number of piperidine rings is 1. The summed E-state index contributed by atoms with van der Waals surface area (Å²) in [6, 6.07) is 5.05. The lowest BCUT2D eigenvalue weighted by atomic mass is 9.94. The molecule has 1 amide bonds. The molecule has 0 radical (unpaired) electrons. The van der Waals surface area contributed by atoms with Gasteiger partial charge in [0, 0.05) is 25.6 Å². The molecule has 1 saturated heterocycles. The van der Waals surface area contributed by atoms with E-state index in [0.717, 1.165) is 19.5 Å². The van der Waals surface area contributed by atoms with E-state index in [4.69, 9.17) is 9.47 Å². The largest absolute Gasteiger partial charge is 0.454 e. The Balaban J connectivity index is 1.43. The van der Waals surface area contributed by atoms with Gasteiger partial charge in [0.05, 0.1) is 11.9 Å². The molecule has 0 saturated carbocycles. The molecule has 9 heteroatoms. The van der Waals surface area contributed by atoms with E-state index in [-0.39, 0.29) is 19.2 Å². The highest BCUT2D eigenvalue weighted by molar-refractivity contribution is 7.92. The Hall–Kier alpha value is -2.00. The van der Waals surface area contributed by atoms with Gasteiger partial charge >= 0.3 is 0 Å². The van der Waals surface area contributed by atoms with Gasteiger partial charge in [0.15, 0.2) is 11.5 Å². The second kappa shape index (κ2) is 9.67. The summed E-state index contributed by atoms with van der Waals surface area (Å²) in [4.78, 5) is 14.5. The van der Waals surface area contributed by atoms with Crippen LogP contribution in [0.3, 0.4) is 0 Å². The molecule has 8 nitrogen and oxygen atoms in total. The third-order valence-electron chi connectivity index (χ3n) is 5.52. The third-order valence-corrected chi connectivity index (χ3v) is 6.72. The average molecular weight is 426 g/mol. The van der Waals surface area contributed by atoms with Crippen LogP contribution in [0.15, 0.2) is 18.2 Å². The molecule has 0 bridgehead atoms. The number of benzene rings is 1. The summed E-state index contributed by atoms with van der Waals surface area (Å²) in [6.45, 7) is 3.31. The van der Waals surface area contributed by atoms with Crippen LogP contribution in [0.25, 0.3) is 0 Å². The Morgan fingerprint density at radius 1 is 1.24 bits per heavy atom. The van der Waals surface area contributed by atoms with Gasteiger partial charge in [-0.1, -0.05) is 0 Å². The van der Waals surface area contributed by atoms with Crippen LogP contribution in [0.4, 0.5) is 5.69 Å². The van der Waals surface area contributed by atoms with Crippen LogP contribution in [0.2, 0.25) is 0 Å². The molecule has 29 heavy (non-hydrogen) atoms. The number of hydrogen-bond acceptors (Lipinski definition) is 6. The lowest BCUT2D eigenvalue weighted by molar-refractivity contribution is -0.121. The van der Waals surface area contributed by atoms with E-state index >= 15 is 0 Å². The number of fused-ring (bicyclic) bond motifs is 1. The van der Waals surface area contributed by atoms with Crippen molar-refractivity contribution in [2.75, 3.05) is 50.6 Å². The van der Waals surface area contributed by atoms with Crippen molar-refractivity contribution in [1.29, 1.82) is 0 Å². The number of likely N-dealkylation sites (tertiary alicyclic amines) is 1. The van der Waals surface area contributed by atoms with Crippen LogP contribution in [0.5, 0.6) is 11.5 Å². The Bertz CT molecular complexity index is 806. The summed E-state index contributed by atoms with van der Waals surface area (Å²) < 4.78 is 36.4. The number of nitrogens with zero attached hydrogens (tertiary/aromatic N) is 2. The highest BCUT2D eigenvalue weighted by atomic mass is 32.2. The van der Waals surface area contributed by atoms with Crippen molar-refractivity contribution in [1.82, 2.24) is 10.2 Å². The second-order valence-corrected chi connectivity index (χ2v) is 9.77. The number of sulfonamides is 1. The molecule has 0 aromatic heterocycles. The van der Waals surface area contributed by atoms with E-state index in [1.54, 1.807) is 18.2 Å². The molecule has 0 atom stereocenters. The summed E-state index contributed by atoms with van der Waals surface area (Å²) in [5, 5.41) is 2.97. The standard InChI is InChI=1S/C20H31N3O5S/c1-22-12-8-16(9-13-22)7-10-21-20(24)4-3-11-23(29(2,25)26)17-5-6-18-19(14-17)28-15-27-18/h5-6,14,16H,3-4,7-13,15H2,1-2H3,(H,21,24). The minimum Gasteiger partial charge on any atom is -0.454 e. The maximum Gasteiger partial charge on any atom is 0.232 e. The SMILES string of the molecule is CN1CCC(CCNC(=O)CCCN(c2ccc3c(c2)OCO3)S(C)(=O)=O)CC1. The lowest BCUT2D eigenvalue weighted by Gasteiger charge is -2.28. The average Bonchev–Trinajstić information content (AvgIpc) is 3.13. The quantitative estimate of drug-likeness (QED) is 0.649. The Labute approximate surface area is 173 Å². The summed E-state index contributed by atoms with van der Waals surface area (Å²) in [5.74, 6) is 1.78. The fourth-order valence-electron chi connectivity index (χ4n) is 3.76. The molecule has 0 unspecified atom stereocenters. The van der Waals surface area contributed by atoms with Crippen molar-refractivity contribution >= 4 is 21.6 Å². The van der Waals surface area contributed by atoms with Gasteiger partial charge in [-0.25, -0.2) is 8.42 Å². The maximum absolute atomic E-state index is 12.2. The second-order valence-electron chi connectivity index (χ2n) is 7.86. The number of ether oxygens (including phenoxy) is 2. The number of carbonyl (C=O) groups is 1. The number of carbonyl (C=O) groups excluding carboxylic acids is 1.